The van der Waals surface area contributed by atoms with Crippen LogP contribution in [0.25, 0.3) is 6.08 Å². The van der Waals surface area contributed by atoms with Crippen LogP contribution in [0.4, 0.5) is 5.69 Å². The molecule has 1 aliphatic rings. The molecule has 0 bridgehead atoms. The van der Waals surface area contributed by atoms with E-state index in [2.05, 4.69) is 18.8 Å². The minimum absolute atomic E-state index is 0.0345. The van der Waals surface area contributed by atoms with E-state index in [1.165, 1.54) is 11.8 Å². The molecule has 2 aromatic carbocycles. The maximum Gasteiger partial charge on any atom is 0.266 e. The first-order valence-corrected chi connectivity index (χ1v) is 8.85. The van der Waals surface area contributed by atoms with Crippen LogP contribution in [0.2, 0.25) is 0 Å². The second-order valence-corrected chi connectivity index (χ2v) is 7.07. The van der Waals surface area contributed by atoms with Gasteiger partial charge >= 0.3 is 0 Å². The second-order valence-electron chi connectivity index (χ2n) is 6.06. The van der Waals surface area contributed by atoms with Gasteiger partial charge in [0.25, 0.3) is 5.91 Å². The lowest BCUT2D eigenvalue weighted by Gasteiger charge is -2.17. The first-order valence-electron chi connectivity index (χ1n) is 8.03. The number of benzene rings is 2. The summed E-state index contributed by atoms with van der Waals surface area (Å²) in [6, 6.07) is 19.7. The molecule has 1 aliphatic heterocycles. The molecule has 2 aromatic rings. The molecule has 1 amide bonds. The van der Waals surface area contributed by atoms with E-state index in [-0.39, 0.29) is 5.91 Å². The number of amidine groups is 1. The maximum atomic E-state index is 12.8. The van der Waals surface area contributed by atoms with Crippen LogP contribution in [-0.2, 0) is 4.79 Å². The van der Waals surface area contributed by atoms with Crippen molar-refractivity contribution in [2.75, 3.05) is 6.54 Å². The molecule has 4 heteroatoms. The summed E-state index contributed by atoms with van der Waals surface area (Å²) < 4.78 is 0. The molecular formula is C20H20N2OS. The van der Waals surface area contributed by atoms with Gasteiger partial charge in [0.1, 0.15) is 0 Å². The van der Waals surface area contributed by atoms with E-state index >= 15 is 0 Å². The van der Waals surface area contributed by atoms with Crippen LogP contribution < -0.4 is 0 Å². The van der Waals surface area contributed by atoms with Crippen LogP contribution in [-0.4, -0.2) is 22.5 Å². The molecule has 24 heavy (non-hydrogen) atoms. The minimum atomic E-state index is 0.0345. The van der Waals surface area contributed by atoms with Crippen LogP contribution in [0.3, 0.4) is 0 Å². The van der Waals surface area contributed by atoms with Crippen LogP contribution in [0.5, 0.6) is 0 Å². The summed E-state index contributed by atoms with van der Waals surface area (Å²) >= 11 is 1.45. The molecule has 0 unspecified atom stereocenters. The SMILES string of the molecule is CC(C)CN1C(=O)/C(=C/c2ccccc2)SC1=Nc1ccccc1. The van der Waals surface area contributed by atoms with Gasteiger partial charge in [0.05, 0.1) is 10.6 Å². The topological polar surface area (TPSA) is 32.7 Å². The largest absolute Gasteiger partial charge is 0.286 e. The first kappa shape index (κ1) is 16.5. The molecule has 122 valence electrons. The van der Waals surface area contributed by atoms with E-state index in [4.69, 9.17) is 0 Å². The van der Waals surface area contributed by atoms with Crippen molar-refractivity contribution in [3.05, 3.63) is 71.1 Å². The Hall–Kier alpha value is -2.33. The van der Waals surface area contributed by atoms with Crippen molar-refractivity contribution in [3.63, 3.8) is 0 Å². The molecule has 3 rings (SSSR count). The molecule has 0 aromatic heterocycles. The standard InChI is InChI=1S/C20H20N2OS/c1-15(2)14-22-19(23)18(13-16-9-5-3-6-10-16)24-20(22)21-17-11-7-4-8-12-17/h3-13,15H,14H2,1-2H3/b18-13-,21-20?. The Labute approximate surface area is 147 Å². The van der Waals surface area contributed by atoms with Crippen LogP contribution in [0.1, 0.15) is 19.4 Å². The van der Waals surface area contributed by atoms with Crippen LogP contribution >= 0.6 is 11.8 Å². The average molecular weight is 336 g/mol. The number of carbonyl (C=O) groups excluding carboxylic acids is 1. The average Bonchev–Trinajstić information content (AvgIpc) is 2.85. The van der Waals surface area contributed by atoms with E-state index in [1.54, 1.807) is 4.90 Å². The molecule has 1 fully saturated rings. The van der Waals surface area contributed by atoms with Crippen molar-refractivity contribution in [3.8, 4) is 0 Å². The van der Waals surface area contributed by atoms with Crippen molar-refractivity contribution in [1.29, 1.82) is 0 Å². The number of rotatable bonds is 4. The Balaban J connectivity index is 1.94. The van der Waals surface area contributed by atoms with Crippen LogP contribution in [0.15, 0.2) is 70.6 Å². The van der Waals surface area contributed by atoms with E-state index in [0.29, 0.717) is 12.5 Å². The number of amides is 1. The number of thioether (sulfide) groups is 1. The predicted octanol–water partition coefficient (Wildman–Crippen LogP) is 4.95. The molecule has 0 aliphatic carbocycles. The Morgan fingerprint density at radius 2 is 1.67 bits per heavy atom. The third-order valence-corrected chi connectivity index (χ3v) is 4.52. The third-order valence-electron chi connectivity index (χ3n) is 3.51. The van der Waals surface area contributed by atoms with Crippen molar-refractivity contribution in [2.45, 2.75) is 13.8 Å². The van der Waals surface area contributed by atoms with Crippen molar-refractivity contribution in [2.24, 2.45) is 10.9 Å². The molecule has 1 saturated heterocycles. The van der Waals surface area contributed by atoms with Gasteiger partial charge in [0, 0.05) is 6.54 Å². The van der Waals surface area contributed by atoms with Gasteiger partial charge in [0.2, 0.25) is 0 Å². The predicted molar refractivity (Wildman–Crippen MR) is 102 cm³/mol. The van der Waals surface area contributed by atoms with Crippen molar-refractivity contribution in [1.82, 2.24) is 4.90 Å². The van der Waals surface area contributed by atoms with E-state index in [0.717, 1.165) is 21.3 Å². The van der Waals surface area contributed by atoms with Gasteiger partial charge in [-0.1, -0.05) is 62.4 Å². The fourth-order valence-corrected chi connectivity index (χ4v) is 3.44. The summed E-state index contributed by atoms with van der Waals surface area (Å²) in [5.41, 5.74) is 1.89. The highest BCUT2D eigenvalue weighted by Crippen LogP contribution is 2.34. The number of hydrogen-bond donors (Lipinski definition) is 0. The van der Waals surface area contributed by atoms with Crippen molar-refractivity contribution < 1.29 is 4.79 Å². The van der Waals surface area contributed by atoms with Gasteiger partial charge in [-0.2, -0.15) is 0 Å². The lowest BCUT2D eigenvalue weighted by atomic mass is 10.2. The zero-order chi connectivity index (χ0) is 16.9. The van der Waals surface area contributed by atoms with Crippen molar-refractivity contribution >= 4 is 34.6 Å². The first-order chi connectivity index (χ1) is 11.6. The molecule has 0 N–H and O–H groups in total. The molecule has 0 atom stereocenters. The fourth-order valence-electron chi connectivity index (χ4n) is 2.43. The van der Waals surface area contributed by atoms with Gasteiger partial charge in [-0.05, 0) is 41.5 Å². The summed E-state index contributed by atoms with van der Waals surface area (Å²) in [6.45, 7) is 4.89. The highest BCUT2D eigenvalue weighted by atomic mass is 32.2. The molecule has 1 heterocycles. The lowest BCUT2D eigenvalue weighted by molar-refractivity contribution is -0.122. The summed E-state index contributed by atoms with van der Waals surface area (Å²) in [4.78, 5) is 20.0. The number of aliphatic imine (C=N–C) groups is 1. The number of nitrogens with zero attached hydrogens (tertiary/aromatic N) is 2. The summed E-state index contributed by atoms with van der Waals surface area (Å²) in [5, 5.41) is 0.752. The molecule has 0 saturated carbocycles. The second kappa shape index (κ2) is 7.49. The van der Waals surface area contributed by atoms with Gasteiger partial charge in [-0.25, -0.2) is 4.99 Å². The quantitative estimate of drug-likeness (QED) is 0.740. The van der Waals surface area contributed by atoms with Gasteiger partial charge in [0.15, 0.2) is 5.17 Å². The van der Waals surface area contributed by atoms with E-state index in [1.807, 2.05) is 66.7 Å². The zero-order valence-electron chi connectivity index (χ0n) is 13.8. The van der Waals surface area contributed by atoms with E-state index in [9.17, 15) is 4.79 Å². The minimum Gasteiger partial charge on any atom is -0.286 e. The molecule has 0 radical (unpaired) electrons. The molecule has 3 nitrogen and oxygen atoms in total. The Morgan fingerprint density at radius 1 is 1.04 bits per heavy atom. The lowest BCUT2D eigenvalue weighted by Crippen LogP contribution is -2.32. The Morgan fingerprint density at radius 3 is 2.29 bits per heavy atom. The summed E-state index contributed by atoms with van der Waals surface area (Å²) in [7, 11) is 0. The number of carbonyl (C=O) groups is 1. The smallest absolute Gasteiger partial charge is 0.266 e. The highest BCUT2D eigenvalue weighted by Gasteiger charge is 2.33. The normalized spacial score (nSPS) is 18.1. The van der Waals surface area contributed by atoms with E-state index < -0.39 is 0 Å². The molecular weight excluding hydrogens is 316 g/mol. The highest BCUT2D eigenvalue weighted by molar-refractivity contribution is 8.18. The number of para-hydroxylation sites is 1. The zero-order valence-corrected chi connectivity index (χ0v) is 14.7. The van der Waals surface area contributed by atoms with Gasteiger partial charge < -0.3 is 0 Å². The number of hydrogen-bond acceptors (Lipinski definition) is 3. The summed E-state index contributed by atoms with van der Waals surface area (Å²) in [6.07, 6.45) is 1.94. The Kier molecular flexibility index (Phi) is 5.16. The summed E-state index contributed by atoms with van der Waals surface area (Å²) in [5.74, 6) is 0.416. The van der Waals surface area contributed by atoms with Crippen LogP contribution in [0, 0.1) is 5.92 Å². The molecule has 0 spiro atoms. The Bertz CT molecular complexity index is 767. The third kappa shape index (κ3) is 3.95. The monoisotopic (exact) mass is 336 g/mol. The maximum absolute atomic E-state index is 12.8. The fraction of sp³-hybridized carbons (Fsp3) is 0.200. The van der Waals surface area contributed by atoms with Gasteiger partial charge in [-0.3, -0.25) is 9.69 Å². The van der Waals surface area contributed by atoms with Gasteiger partial charge in [-0.15, -0.1) is 0 Å².